The van der Waals surface area contributed by atoms with Crippen molar-refractivity contribution in [2.45, 2.75) is 25.3 Å². The van der Waals surface area contributed by atoms with E-state index in [1.54, 1.807) is 0 Å². The van der Waals surface area contributed by atoms with Gasteiger partial charge in [-0.15, -0.1) is 0 Å². The van der Waals surface area contributed by atoms with E-state index < -0.39 is 0 Å². The first-order valence-electron chi connectivity index (χ1n) is 10.8. The van der Waals surface area contributed by atoms with E-state index in [9.17, 15) is 9.59 Å². The summed E-state index contributed by atoms with van der Waals surface area (Å²) in [7, 11) is 0. The van der Waals surface area contributed by atoms with Crippen LogP contribution in [0.15, 0.2) is 78.9 Å². The topological polar surface area (TPSA) is 61.4 Å². The van der Waals surface area contributed by atoms with E-state index in [4.69, 9.17) is 11.6 Å². The summed E-state index contributed by atoms with van der Waals surface area (Å²) >= 11 is 6.18. The number of benzene rings is 3. The Morgan fingerprint density at radius 2 is 1.75 bits per heavy atom. The first-order chi connectivity index (χ1) is 15.6. The van der Waals surface area contributed by atoms with Crippen LogP contribution < -0.4 is 10.6 Å². The van der Waals surface area contributed by atoms with Gasteiger partial charge in [-0.2, -0.15) is 0 Å². The fourth-order valence-electron chi connectivity index (χ4n) is 4.01. The van der Waals surface area contributed by atoms with Gasteiger partial charge in [0.1, 0.15) is 0 Å². The van der Waals surface area contributed by atoms with Gasteiger partial charge < -0.3 is 15.5 Å². The lowest BCUT2D eigenvalue weighted by Crippen LogP contribution is -2.41. The zero-order chi connectivity index (χ0) is 22.3. The van der Waals surface area contributed by atoms with Gasteiger partial charge in [-0.1, -0.05) is 60.1 Å². The minimum absolute atomic E-state index is 0.0884. The van der Waals surface area contributed by atoms with Crippen LogP contribution in [0.25, 0.3) is 0 Å². The van der Waals surface area contributed by atoms with Crippen molar-refractivity contribution < 1.29 is 9.59 Å². The smallest absolute Gasteiger partial charge is 0.321 e. The molecule has 32 heavy (non-hydrogen) atoms. The number of likely N-dealkylation sites (tertiary alicyclic amines) is 1. The quantitative estimate of drug-likeness (QED) is 0.528. The molecule has 2 N–H and O–H groups in total. The van der Waals surface area contributed by atoms with Crippen LogP contribution >= 0.6 is 11.6 Å². The van der Waals surface area contributed by atoms with Crippen molar-refractivity contribution in [2.75, 3.05) is 18.4 Å². The predicted octanol–water partition coefficient (Wildman–Crippen LogP) is 5.68. The zero-order valence-electron chi connectivity index (χ0n) is 17.8. The number of halogens is 1. The Labute approximate surface area is 193 Å². The molecule has 3 aromatic rings. The summed E-state index contributed by atoms with van der Waals surface area (Å²) in [5, 5.41) is 6.54. The normalized spacial score (nSPS) is 15.8. The molecule has 6 heteroatoms. The van der Waals surface area contributed by atoms with Crippen molar-refractivity contribution in [3.63, 3.8) is 0 Å². The maximum Gasteiger partial charge on any atom is 0.321 e. The Hall–Kier alpha value is -3.31. The van der Waals surface area contributed by atoms with Crippen LogP contribution in [0.5, 0.6) is 0 Å². The van der Waals surface area contributed by atoms with Crippen LogP contribution in [0.1, 0.15) is 40.2 Å². The lowest BCUT2D eigenvalue weighted by molar-refractivity contribution is 0.0950. The lowest BCUT2D eigenvalue weighted by atomic mass is 9.89. The van der Waals surface area contributed by atoms with Gasteiger partial charge in [0.2, 0.25) is 0 Å². The molecule has 1 aliphatic rings. The SMILES string of the molecule is O=C(NCc1ccccc1Cl)c1cccc(C2CCCN(C(=O)Nc3ccccc3)C2)c1. The Morgan fingerprint density at radius 3 is 2.56 bits per heavy atom. The molecule has 0 spiro atoms. The van der Waals surface area contributed by atoms with Gasteiger partial charge in [0.15, 0.2) is 0 Å². The molecule has 0 saturated carbocycles. The highest BCUT2D eigenvalue weighted by atomic mass is 35.5. The fraction of sp³-hybridized carbons (Fsp3) is 0.231. The van der Waals surface area contributed by atoms with Crippen molar-refractivity contribution >= 4 is 29.2 Å². The summed E-state index contributed by atoms with van der Waals surface area (Å²) in [6.45, 7) is 1.73. The first-order valence-corrected chi connectivity index (χ1v) is 11.2. The van der Waals surface area contributed by atoms with Crippen LogP contribution in [0, 0.1) is 0 Å². The van der Waals surface area contributed by atoms with Crippen molar-refractivity contribution in [1.82, 2.24) is 10.2 Å². The minimum atomic E-state index is -0.138. The third-order valence-electron chi connectivity index (χ3n) is 5.75. The number of anilines is 1. The summed E-state index contributed by atoms with van der Waals surface area (Å²) in [5.41, 5.74) is 3.36. The van der Waals surface area contributed by atoms with Gasteiger partial charge >= 0.3 is 6.03 Å². The molecule has 1 unspecified atom stereocenters. The number of rotatable bonds is 5. The average molecular weight is 448 g/mol. The number of amides is 3. The van der Waals surface area contributed by atoms with E-state index in [0.29, 0.717) is 23.7 Å². The second-order valence-corrected chi connectivity index (χ2v) is 8.39. The lowest BCUT2D eigenvalue weighted by Gasteiger charge is -2.33. The molecule has 5 nitrogen and oxygen atoms in total. The van der Waals surface area contributed by atoms with Crippen LogP contribution in [0.2, 0.25) is 5.02 Å². The number of nitrogens with zero attached hydrogens (tertiary/aromatic N) is 1. The van der Waals surface area contributed by atoms with Crippen molar-refractivity contribution in [2.24, 2.45) is 0 Å². The largest absolute Gasteiger partial charge is 0.348 e. The molecule has 3 aromatic carbocycles. The summed E-state index contributed by atoms with van der Waals surface area (Å²) in [6, 6.07) is 24.6. The van der Waals surface area contributed by atoms with E-state index >= 15 is 0 Å². The number of carbonyl (C=O) groups is 2. The number of hydrogen-bond donors (Lipinski definition) is 2. The molecule has 1 fully saturated rings. The Morgan fingerprint density at radius 1 is 0.969 bits per heavy atom. The van der Waals surface area contributed by atoms with Crippen LogP contribution in [-0.4, -0.2) is 29.9 Å². The molecule has 0 aliphatic carbocycles. The maximum atomic E-state index is 12.7. The molecule has 164 valence electrons. The third-order valence-corrected chi connectivity index (χ3v) is 6.12. The highest BCUT2D eigenvalue weighted by molar-refractivity contribution is 6.31. The molecule has 1 atom stereocenters. The van der Waals surface area contributed by atoms with Crippen molar-refractivity contribution in [1.29, 1.82) is 0 Å². The van der Waals surface area contributed by atoms with Crippen LogP contribution in [0.3, 0.4) is 0 Å². The Kier molecular flexibility index (Phi) is 7.07. The monoisotopic (exact) mass is 447 g/mol. The summed E-state index contributed by atoms with van der Waals surface area (Å²) in [5.74, 6) is 0.0582. The number of nitrogens with one attached hydrogen (secondary N) is 2. The zero-order valence-corrected chi connectivity index (χ0v) is 18.5. The van der Waals surface area contributed by atoms with Crippen molar-refractivity contribution in [3.8, 4) is 0 Å². The standard InChI is InChI=1S/C26H26ClN3O2/c27-24-14-5-4-8-21(24)17-28-25(31)20-10-6-9-19(16-20)22-11-7-15-30(18-22)26(32)29-23-12-2-1-3-13-23/h1-6,8-10,12-14,16,22H,7,11,15,17-18H2,(H,28,31)(H,29,32). The summed E-state index contributed by atoms with van der Waals surface area (Å²) in [6.07, 6.45) is 1.91. The Bertz CT molecular complexity index is 1090. The third kappa shape index (κ3) is 5.48. The molecule has 0 bridgehead atoms. The molecule has 0 radical (unpaired) electrons. The predicted molar refractivity (Wildman–Crippen MR) is 128 cm³/mol. The highest BCUT2D eigenvalue weighted by Gasteiger charge is 2.25. The molecular formula is C26H26ClN3O2. The highest BCUT2D eigenvalue weighted by Crippen LogP contribution is 2.28. The summed E-state index contributed by atoms with van der Waals surface area (Å²) < 4.78 is 0. The number of carbonyl (C=O) groups excluding carboxylic acids is 2. The van der Waals surface area contributed by atoms with Crippen LogP contribution in [-0.2, 0) is 6.54 Å². The molecule has 3 amide bonds. The molecule has 1 aliphatic heterocycles. The van der Waals surface area contributed by atoms with Crippen molar-refractivity contribution in [3.05, 3.63) is 101 Å². The van der Waals surface area contributed by atoms with E-state index in [-0.39, 0.29) is 17.9 Å². The Balaban J connectivity index is 1.39. The van der Waals surface area contributed by atoms with E-state index in [0.717, 1.165) is 36.2 Å². The van der Waals surface area contributed by atoms with Gasteiger partial charge in [0.05, 0.1) is 0 Å². The molecule has 0 aromatic heterocycles. The van der Waals surface area contributed by atoms with Gasteiger partial charge in [-0.3, -0.25) is 4.79 Å². The molecule has 1 heterocycles. The van der Waals surface area contributed by atoms with Gasteiger partial charge in [0.25, 0.3) is 5.91 Å². The van der Waals surface area contributed by atoms with E-state index in [1.165, 1.54) is 0 Å². The number of para-hydroxylation sites is 1. The molecule has 1 saturated heterocycles. The second kappa shape index (κ2) is 10.3. The molecular weight excluding hydrogens is 422 g/mol. The van der Waals surface area contributed by atoms with E-state index in [2.05, 4.69) is 10.6 Å². The van der Waals surface area contributed by atoms with Gasteiger partial charge in [-0.05, 0) is 54.3 Å². The average Bonchev–Trinajstić information content (AvgIpc) is 2.84. The summed E-state index contributed by atoms with van der Waals surface area (Å²) in [4.78, 5) is 27.3. The number of hydrogen-bond acceptors (Lipinski definition) is 2. The maximum absolute atomic E-state index is 12.7. The number of piperidine rings is 1. The number of urea groups is 1. The fourth-order valence-corrected chi connectivity index (χ4v) is 4.21. The first kappa shape index (κ1) is 21.9. The second-order valence-electron chi connectivity index (χ2n) is 7.98. The van der Waals surface area contributed by atoms with Gasteiger partial charge in [0, 0.05) is 41.8 Å². The van der Waals surface area contributed by atoms with E-state index in [1.807, 2.05) is 83.8 Å². The van der Waals surface area contributed by atoms with Crippen LogP contribution in [0.4, 0.5) is 10.5 Å². The van der Waals surface area contributed by atoms with Gasteiger partial charge in [-0.25, -0.2) is 4.79 Å². The molecule has 4 rings (SSSR count). The minimum Gasteiger partial charge on any atom is -0.348 e.